The Bertz CT molecular complexity index is 1860. The average molecular weight is 614 g/mol. The maximum Gasteiger partial charge on any atom is 0.290 e. The number of rotatable bonds is 7. The Labute approximate surface area is 268 Å². The fourth-order valence-electron chi connectivity index (χ4n) is 5.19. The molecule has 2 amide bonds. The van der Waals surface area contributed by atoms with E-state index in [0.29, 0.717) is 27.7 Å². The van der Waals surface area contributed by atoms with Crippen LogP contribution in [0.5, 0.6) is 0 Å². The molecule has 0 aliphatic rings. The van der Waals surface area contributed by atoms with E-state index >= 15 is 0 Å². The van der Waals surface area contributed by atoms with Gasteiger partial charge in [0.1, 0.15) is 0 Å². The molecule has 0 aliphatic carbocycles. The zero-order valence-corrected chi connectivity index (χ0v) is 25.8. The van der Waals surface area contributed by atoms with E-state index in [4.69, 9.17) is 20.7 Å². The number of fused-ring (bicyclic) bond motifs is 1. The van der Waals surface area contributed by atoms with Gasteiger partial charge in [0, 0.05) is 52.1 Å². The van der Waals surface area contributed by atoms with E-state index in [1.54, 1.807) is 24.5 Å². The van der Waals surface area contributed by atoms with E-state index in [-0.39, 0.29) is 24.5 Å². The number of pyridine rings is 2. The maximum atomic E-state index is 13.5. The average Bonchev–Trinajstić information content (AvgIpc) is 3.07. The number of aromatic nitrogens is 2. The minimum atomic E-state index is -0.407. The van der Waals surface area contributed by atoms with E-state index < -0.39 is 5.91 Å². The van der Waals surface area contributed by atoms with Crippen molar-refractivity contribution in [2.24, 2.45) is 5.84 Å². The van der Waals surface area contributed by atoms with Crippen molar-refractivity contribution in [1.29, 1.82) is 0 Å². The van der Waals surface area contributed by atoms with Crippen LogP contribution in [0.2, 0.25) is 0 Å². The first kappa shape index (κ1) is 33.1. The molecule has 0 aliphatic heterocycles. The van der Waals surface area contributed by atoms with Crippen LogP contribution < -0.4 is 11.3 Å². The Kier molecular flexibility index (Phi) is 11.3. The van der Waals surface area contributed by atoms with E-state index in [1.165, 1.54) is 5.56 Å². The van der Waals surface area contributed by atoms with E-state index in [1.807, 2.05) is 85.5 Å². The highest BCUT2D eigenvalue weighted by Crippen LogP contribution is 2.25. The zero-order chi connectivity index (χ0) is 33.1. The van der Waals surface area contributed by atoms with Gasteiger partial charge in [-0.3, -0.25) is 24.8 Å². The second-order valence-electron chi connectivity index (χ2n) is 10.8. The summed E-state index contributed by atoms with van der Waals surface area (Å²) in [5, 5.41) is 7.52. The Morgan fingerprint density at radius 2 is 1.54 bits per heavy atom. The molecule has 5 aromatic rings. The van der Waals surface area contributed by atoms with Gasteiger partial charge in [0.25, 0.3) is 18.3 Å². The summed E-state index contributed by atoms with van der Waals surface area (Å²) in [6.45, 7) is 5.95. The number of nitrogens with two attached hydrogens (primary N) is 1. The van der Waals surface area contributed by atoms with Gasteiger partial charge in [-0.1, -0.05) is 54.3 Å². The van der Waals surface area contributed by atoms with Gasteiger partial charge in [0.05, 0.1) is 16.8 Å². The molecule has 0 bridgehead atoms. The summed E-state index contributed by atoms with van der Waals surface area (Å²) in [4.78, 5) is 44.9. The zero-order valence-electron chi connectivity index (χ0n) is 25.8. The molecule has 0 radical (unpaired) electrons. The molecule has 3 aromatic carbocycles. The van der Waals surface area contributed by atoms with Crippen LogP contribution in [-0.2, 0) is 11.2 Å². The van der Waals surface area contributed by atoms with Gasteiger partial charge in [0.15, 0.2) is 0 Å². The first-order valence-corrected chi connectivity index (χ1v) is 14.7. The number of carbonyl (C=O) groups is 3. The molecular weight excluding hydrogens is 578 g/mol. The van der Waals surface area contributed by atoms with Crippen molar-refractivity contribution in [3.8, 4) is 23.1 Å². The van der Waals surface area contributed by atoms with Gasteiger partial charge < -0.3 is 10.0 Å². The predicted molar refractivity (Wildman–Crippen MR) is 179 cm³/mol. The molecule has 9 nitrogen and oxygen atoms in total. The lowest BCUT2D eigenvalue weighted by molar-refractivity contribution is -0.122. The molecule has 1 atom stereocenters. The van der Waals surface area contributed by atoms with Crippen LogP contribution in [0, 0.1) is 11.8 Å². The third kappa shape index (κ3) is 8.20. The predicted octanol–water partition coefficient (Wildman–Crippen LogP) is 5.48. The largest absolute Gasteiger partial charge is 0.483 e. The minimum Gasteiger partial charge on any atom is -0.483 e. The number of nitrogens with one attached hydrogen (secondary N) is 1. The Hall–Kier alpha value is -5.85. The van der Waals surface area contributed by atoms with Gasteiger partial charge in [0.2, 0.25) is 0 Å². The van der Waals surface area contributed by atoms with Crippen molar-refractivity contribution in [3.05, 3.63) is 131 Å². The quantitative estimate of drug-likeness (QED) is 0.0726. The van der Waals surface area contributed by atoms with Crippen molar-refractivity contribution in [2.45, 2.75) is 39.3 Å². The smallest absolute Gasteiger partial charge is 0.290 e. The lowest BCUT2D eigenvalue weighted by Gasteiger charge is -2.33. The normalized spacial score (nSPS) is 11.0. The molecular formula is C37H35N5O4. The summed E-state index contributed by atoms with van der Waals surface area (Å²) in [6, 6.07) is 29.0. The van der Waals surface area contributed by atoms with Crippen molar-refractivity contribution in [2.75, 3.05) is 0 Å². The number of carbonyl (C=O) groups excluding carboxylic acids is 2. The van der Waals surface area contributed by atoms with Gasteiger partial charge in [-0.25, -0.2) is 10.8 Å². The van der Waals surface area contributed by atoms with Gasteiger partial charge >= 0.3 is 0 Å². The topological polar surface area (TPSA) is 139 Å². The number of nitrogen functional groups attached to an aromatic ring is 1. The van der Waals surface area contributed by atoms with Crippen LogP contribution in [0.1, 0.15) is 58.2 Å². The fourth-order valence-corrected chi connectivity index (χ4v) is 5.19. The Morgan fingerprint density at radius 3 is 2.13 bits per heavy atom. The number of hydrogen-bond acceptors (Lipinski definition) is 6. The number of amides is 2. The Balaban J connectivity index is 0.00000154. The molecule has 232 valence electrons. The summed E-state index contributed by atoms with van der Waals surface area (Å²) in [5.41, 5.74) is 8.24. The SMILES string of the molecule is CC(C)N(C(=O)c1ccc(C#Cc2ccc(-c3cc(C(=O)NN)c4cnccc4n3)cc2)cc1)C(C)Cc1ccccc1.O=CO. The molecule has 1 unspecified atom stereocenters. The number of nitrogens with zero attached hydrogens (tertiary/aromatic N) is 3. The van der Waals surface area contributed by atoms with Gasteiger partial charge in [-0.15, -0.1) is 0 Å². The molecule has 0 fully saturated rings. The molecule has 0 saturated heterocycles. The van der Waals surface area contributed by atoms with Crippen LogP contribution in [0.3, 0.4) is 0 Å². The monoisotopic (exact) mass is 613 g/mol. The first-order valence-electron chi connectivity index (χ1n) is 14.7. The summed E-state index contributed by atoms with van der Waals surface area (Å²) in [6.07, 6.45) is 4.04. The molecule has 2 heterocycles. The summed E-state index contributed by atoms with van der Waals surface area (Å²) < 4.78 is 0. The second kappa shape index (κ2) is 15.7. The highest BCUT2D eigenvalue weighted by Gasteiger charge is 2.24. The number of hydrogen-bond donors (Lipinski definition) is 3. The van der Waals surface area contributed by atoms with E-state index in [2.05, 4.69) is 41.3 Å². The van der Waals surface area contributed by atoms with E-state index in [0.717, 1.165) is 23.1 Å². The van der Waals surface area contributed by atoms with Crippen LogP contribution in [0.25, 0.3) is 22.2 Å². The minimum absolute atomic E-state index is 0.0131. The summed E-state index contributed by atoms with van der Waals surface area (Å²) in [5.74, 6) is 11.4. The molecule has 0 saturated carbocycles. The van der Waals surface area contributed by atoms with Crippen LogP contribution in [0.4, 0.5) is 0 Å². The van der Waals surface area contributed by atoms with Crippen LogP contribution >= 0.6 is 0 Å². The molecule has 5 rings (SSSR count). The third-order valence-electron chi connectivity index (χ3n) is 7.29. The molecule has 9 heteroatoms. The van der Waals surface area contributed by atoms with Crippen LogP contribution in [-0.4, -0.2) is 50.3 Å². The molecule has 2 aromatic heterocycles. The lowest BCUT2D eigenvalue weighted by Crippen LogP contribution is -2.44. The molecule has 0 spiro atoms. The first-order chi connectivity index (χ1) is 22.2. The molecule has 46 heavy (non-hydrogen) atoms. The fraction of sp³-hybridized carbons (Fsp3) is 0.162. The molecule has 4 N–H and O–H groups in total. The van der Waals surface area contributed by atoms with Crippen molar-refractivity contribution in [3.63, 3.8) is 0 Å². The summed E-state index contributed by atoms with van der Waals surface area (Å²) >= 11 is 0. The van der Waals surface area contributed by atoms with E-state index in [9.17, 15) is 9.59 Å². The highest BCUT2D eigenvalue weighted by molar-refractivity contribution is 6.06. The Morgan fingerprint density at radius 1 is 0.935 bits per heavy atom. The van der Waals surface area contributed by atoms with Crippen molar-refractivity contribution >= 4 is 29.2 Å². The van der Waals surface area contributed by atoms with Gasteiger partial charge in [-0.2, -0.15) is 0 Å². The number of hydrazine groups is 1. The maximum absolute atomic E-state index is 13.5. The third-order valence-corrected chi connectivity index (χ3v) is 7.29. The highest BCUT2D eigenvalue weighted by atomic mass is 16.3. The second-order valence-corrected chi connectivity index (χ2v) is 10.8. The van der Waals surface area contributed by atoms with Gasteiger partial charge in [-0.05, 0) is 81.3 Å². The number of carboxylic acid groups (broad SMARTS) is 1. The van der Waals surface area contributed by atoms with Crippen molar-refractivity contribution < 1.29 is 19.5 Å². The lowest BCUT2D eigenvalue weighted by atomic mass is 10.0. The standard InChI is InChI=1S/C36H33N5O2.CH2O2/c1-24(2)41(25(3)21-28-7-5-4-6-8-28)36(43)30-17-13-27(14-18-30)10-9-26-11-15-29(16-12-26)34-22-31(35(42)40-37)32-23-38-20-19-33(32)39-34;2-1-3/h4-8,11-20,22-25H,21,37H2,1-3H3,(H,40,42);1H,(H,2,3). The number of benzene rings is 3. The summed E-state index contributed by atoms with van der Waals surface area (Å²) in [7, 11) is 0. The van der Waals surface area contributed by atoms with Crippen molar-refractivity contribution in [1.82, 2.24) is 20.3 Å². The van der Waals surface area contributed by atoms with Crippen LogP contribution in [0.15, 0.2) is 103 Å².